The van der Waals surface area contributed by atoms with Crippen LogP contribution in [0.25, 0.3) is 0 Å². The standard InChI is InChI=1S/C14H23NO4Si/c1-14(2,3)20(5,6)19-18-10-12-11(13(16)17-4)8-7-9-15-12/h7-9H,10H2,1-6H3. The van der Waals surface area contributed by atoms with Crippen molar-refractivity contribution in [1.82, 2.24) is 4.98 Å². The fourth-order valence-electron chi connectivity index (χ4n) is 1.21. The lowest BCUT2D eigenvalue weighted by molar-refractivity contribution is -0.232. The molecule has 0 N–H and O–H groups in total. The number of aromatic nitrogens is 1. The monoisotopic (exact) mass is 297 g/mol. The number of rotatable bonds is 5. The largest absolute Gasteiger partial charge is 0.465 e. The van der Waals surface area contributed by atoms with Crippen LogP contribution in [0.5, 0.6) is 0 Å². The summed E-state index contributed by atoms with van der Waals surface area (Å²) in [7, 11) is -0.638. The SMILES string of the molecule is COC(=O)c1cccnc1COO[Si](C)(C)C(C)(C)C. The fourth-order valence-corrected chi connectivity index (χ4v) is 1.81. The van der Waals surface area contributed by atoms with E-state index in [9.17, 15) is 4.79 Å². The summed E-state index contributed by atoms with van der Waals surface area (Å²) in [4.78, 5) is 21.1. The maximum atomic E-state index is 11.6. The number of hydrogen-bond donors (Lipinski definition) is 0. The second kappa shape index (κ2) is 6.47. The first kappa shape index (κ1) is 16.8. The Labute approximate surface area is 121 Å². The number of nitrogens with zero attached hydrogens (tertiary/aromatic N) is 1. The molecule has 0 aliphatic rings. The number of pyridine rings is 1. The second-order valence-corrected chi connectivity index (χ2v) is 10.8. The maximum Gasteiger partial charge on any atom is 0.339 e. The second-order valence-electron chi connectivity index (χ2n) is 6.10. The molecule has 0 saturated heterocycles. The number of esters is 1. The minimum atomic E-state index is -1.98. The number of carbonyl (C=O) groups is 1. The lowest BCUT2D eigenvalue weighted by Crippen LogP contribution is -2.40. The number of hydrogen-bond acceptors (Lipinski definition) is 5. The van der Waals surface area contributed by atoms with Gasteiger partial charge in [-0.15, -0.1) is 0 Å². The first-order valence-corrected chi connectivity index (χ1v) is 9.42. The van der Waals surface area contributed by atoms with Crippen LogP contribution >= 0.6 is 0 Å². The van der Waals surface area contributed by atoms with Crippen LogP contribution < -0.4 is 0 Å². The molecule has 0 fully saturated rings. The Morgan fingerprint density at radius 3 is 2.55 bits per heavy atom. The van der Waals surface area contributed by atoms with Gasteiger partial charge in [0.05, 0.1) is 18.4 Å². The summed E-state index contributed by atoms with van der Waals surface area (Å²) >= 11 is 0. The van der Waals surface area contributed by atoms with Crippen molar-refractivity contribution in [3.8, 4) is 0 Å². The Morgan fingerprint density at radius 2 is 2.00 bits per heavy atom. The fraction of sp³-hybridized carbons (Fsp3) is 0.571. The van der Waals surface area contributed by atoms with Crippen LogP contribution in [-0.4, -0.2) is 26.4 Å². The van der Waals surface area contributed by atoms with E-state index in [-0.39, 0.29) is 11.6 Å². The molecule has 0 spiro atoms. The van der Waals surface area contributed by atoms with Gasteiger partial charge in [-0.3, -0.25) is 9.56 Å². The van der Waals surface area contributed by atoms with Gasteiger partial charge in [0, 0.05) is 6.20 Å². The average Bonchev–Trinajstić information content (AvgIpc) is 2.37. The first-order chi connectivity index (χ1) is 9.19. The van der Waals surface area contributed by atoms with Gasteiger partial charge in [0.25, 0.3) is 0 Å². The first-order valence-electron chi connectivity index (χ1n) is 6.52. The van der Waals surface area contributed by atoms with Crippen LogP contribution in [0.1, 0.15) is 36.8 Å². The third kappa shape index (κ3) is 4.13. The Kier molecular flexibility index (Phi) is 5.44. The van der Waals surface area contributed by atoms with Crippen LogP contribution in [0.15, 0.2) is 18.3 Å². The van der Waals surface area contributed by atoms with Gasteiger partial charge in [0.2, 0.25) is 8.32 Å². The van der Waals surface area contributed by atoms with E-state index in [1.165, 1.54) is 7.11 Å². The van der Waals surface area contributed by atoms with Crippen LogP contribution in [0.2, 0.25) is 18.1 Å². The lowest BCUT2D eigenvalue weighted by atomic mass is 10.2. The third-order valence-corrected chi connectivity index (χ3v) is 7.71. The molecule has 0 bridgehead atoms. The zero-order valence-corrected chi connectivity index (χ0v) is 14.0. The lowest BCUT2D eigenvalue weighted by Gasteiger charge is -2.34. The zero-order valence-electron chi connectivity index (χ0n) is 13.0. The van der Waals surface area contributed by atoms with Crippen molar-refractivity contribution in [1.29, 1.82) is 0 Å². The molecule has 1 aromatic heterocycles. The molecule has 112 valence electrons. The molecule has 0 aliphatic carbocycles. The minimum absolute atomic E-state index is 0.0578. The molecule has 0 unspecified atom stereocenters. The van der Waals surface area contributed by atoms with Gasteiger partial charge in [0.1, 0.15) is 6.61 Å². The normalized spacial score (nSPS) is 12.3. The highest BCUT2D eigenvalue weighted by molar-refractivity contribution is 6.73. The number of ether oxygens (including phenoxy) is 1. The summed E-state index contributed by atoms with van der Waals surface area (Å²) < 4.78 is 10.3. The quantitative estimate of drug-likeness (QED) is 0.361. The summed E-state index contributed by atoms with van der Waals surface area (Å²) in [5.74, 6) is -0.427. The number of carbonyl (C=O) groups excluding carboxylic acids is 1. The van der Waals surface area contributed by atoms with Gasteiger partial charge in [-0.2, -0.15) is 0 Å². The summed E-state index contributed by atoms with van der Waals surface area (Å²) in [6.45, 7) is 10.7. The van der Waals surface area contributed by atoms with Crippen molar-refractivity contribution in [3.05, 3.63) is 29.6 Å². The summed E-state index contributed by atoms with van der Waals surface area (Å²) in [5.41, 5.74) is 0.909. The molecule has 0 amide bonds. The van der Waals surface area contributed by atoms with Gasteiger partial charge >= 0.3 is 5.97 Å². The van der Waals surface area contributed by atoms with Crippen molar-refractivity contribution in [3.63, 3.8) is 0 Å². The molecule has 0 radical (unpaired) electrons. The molecule has 20 heavy (non-hydrogen) atoms. The minimum Gasteiger partial charge on any atom is -0.465 e. The van der Waals surface area contributed by atoms with Gasteiger partial charge in [-0.25, -0.2) is 9.68 Å². The van der Waals surface area contributed by atoms with Crippen molar-refractivity contribution >= 4 is 14.3 Å². The molecule has 0 aliphatic heterocycles. The Morgan fingerprint density at radius 1 is 1.35 bits per heavy atom. The molecule has 0 atom stereocenters. The van der Waals surface area contributed by atoms with Gasteiger partial charge in [-0.1, -0.05) is 20.8 Å². The highest BCUT2D eigenvalue weighted by Gasteiger charge is 2.39. The van der Waals surface area contributed by atoms with Crippen molar-refractivity contribution in [2.24, 2.45) is 0 Å². The zero-order chi connectivity index (χ0) is 15.4. The topological polar surface area (TPSA) is 57.7 Å². The maximum absolute atomic E-state index is 11.6. The third-order valence-electron chi connectivity index (χ3n) is 3.56. The average molecular weight is 297 g/mol. The summed E-state index contributed by atoms with van der Waals surface area (Å²) in [6.07, 6.45) is 1.61. The molecule has 1 rings (SSSR count). The van der Waals surface area contributed by atoms with Crippen LogP contribution in [0.3, 0.4) is 0 Å². The molecule has 6 heteroatoms. The molecule has 1 heterocycles. The van der Waals surface area contributed by atoms with Crippen LogP contribution in [-0.2, 0) is 20.8 Å². The van der Waals surface area contributed by atoms with E-state index in [2.05, 4.69) is 38.8 Å². The van der Waals surface area contributed by atoms with Crippen LogP contribution in [0.4, 0.5) is 0 Å². The van der Waals surface area contributed by atoms with E-state index in [4.69, 9.17) is 14.2 Å². The Bertz CT molecular complexity index is 468. The van der Waals surface area contributed by atoms with E-state index >= 15 is 0 Å². The number of methoxy groups -OCH3 is 1. The Balaban J connectivity index is 2.70. The van der Waals surface area contributed by atoms with E-state index in [0.717, 1.165) is 0 Å². The van der Waals surface area contributed by atoms with Gasteiger partial charge in [-0.05, 0) is 30.3 Å². The van der Waals surface area contributed by atoms with Crippen molar-refractivity contribution in [2.45, 2.75) is 45.5 Å². The van der Waals surface area contributed by atoms with Crippen molar-refractivity contribution < 1.29 is 19.0 Å². The molecule has 0 aromatic carbocycles. The predicted octanol–water partition coefficient (Wildman–Crippen LogP) is 3.32. The van der Waals surface area contributed by atoms with E-state index in [0.29, 0.717) is 11.3 Å². The highest BCUT2D eigenvalue weighted by atomic mass is 28.4. The summed E-state index contributed by atoms with van der Waals surface area (Å²) in [6, 6.07) is 3.34. The van der Waals surface area contributed by atoms with E-state index in [1.54, 1.807) is 18.3 Å². The molecule has 5 nitrogen and oxygen atoms in total. The van der Waals surface area contributed by atoms with E-state index in [1.807, 2.05) is 0 Å². The van der Waals surface area contributed by atoms with Crippen LogP contribution in [0, 0.1) is 0 Å². The summed E-state index contributed by atoms with van der Waals surface area (Å²) in [5, 5.41) is 0.0578. The molecule has 1 aromatic rings. The molecular formula is C14H23NO4Si. The molecule has 0 saturated carbocycles. The van der Waals surface area contributed by atoms with Crippen molar-refractivity contribution in [2.75, 3.05) is 7.11 Å². The predicted molar refractivity (Wildman–Crippen MR) is 78.6 cm³/mol. The smallest absolute Gasteiger partial charge is 0.339 e. The highest BCUT2D eigenvalue weighted by Crippen LogP contribution is 2.36. The Hall–Kier alpha value is -1.24. The molecular weight excluding hydrogens is 274 g/mol. The van der Waals surface area contributed by atoms with E-state index < -0.39 is 14.3 Å². The van der Waals surface area contributed by atoms with Gasteiger partial charge in [0.15, 0.2) is 0 Å². The van der Waals surface area contributed by atoms with Gasteiger partial charge < -0.3 is 4.74 Å².